The maximum atomic E-state index is 12.0. The average Bonchev–Trinajstić information content (AvgIpc) is 2.55. The van der Waals surface area contributed by atoms with Crippen LogP contribution in [0.3, 0.4) is 0 Å². The summed E-state index contributed by atoms with van der Waals surface area (Å²) in [4.78, 5) is 12.0. The molecule has 0 atom stereocenters. The molecule has 1 aliphatic heterocycles. The summed E-state index contributed by atoms with van der Waals surface area (Å²) < 4.78 is 10.9. The Labute approximate surface area is 139 Å². The van der Waals surface area contributed by atoms with Crippen LogP contribution in [0.1, 0.15) is 11.1 Å². The molecule has 1 amide bonds. The van der Waals surface area contributed by atoms with Gasteiger partial charge in [-0.3, -0.25) is 4.79 Å². The minimum absolute atomic E-state index is 0.260. The van der Waals surface area contributed by atoms with Crippen molar-refractivity contribution < 1.29 is 14.3 Å². The van der Waals surface area contributed by atoms with E-state index in [2.05, 4.69) is 5.32 Å². The van der Waals surface area contributed by atoms with Gasteiger partial charge in [-0.05, 0) is 18.6 Å². The third kappa shape index (κ3) is 3.85. The van der Waals surface area contributed by atoms with E-state index in [4.69, 9.17) is 21.1 Å². The molecule has 0 unspecified atom stereocenters. The molecule has 0 spiro atoms. The minimum Gasteiger partial charge on any atom is -0.486 e. The lowest BCUT2D eigenvalue weighted by Crippen LogP contribution is -2.16. The van der Waals surface area contributed by atoms with Crippen molar-refractivity contribution in [2.45, 2.75) is 6.92 Å². The van der Waals surface area contributed by atoms with Gasteiger partial charge in [0.15, 0.2) is 11.5 Å². The predicted octanol–water partition coefficient (Wildman–Crippen LogP) is 4.07. The van der Waals surface area contributed by atoms with Gasteiger partial charge < -0.3 is 14.8 Å². The first-order valence-corrected chi connectivity index (χ1v) is 7.64. The summed E-state index contributed by atoms with van der Waals surface area (Å²) >= 11 is 6.17. The fourth-order valence-corrected chi connectivity index (χ4v) is 2.38. The monoisotopic (exact) mass is 329 g/mol. The Bertz CT molecular complexity index is 754. The summed E-state index contributed by atoms with van der Waals surface area (Å²) in [7, 11) is 0. The second-order valence-electron chi connectivity index (χ2n) is 5.21. The molecule has 0 saturated carbocycles. The number of carbonyl (C=O) groups is 1. The van der Waals surface area contributed by atoms with Gasteiger partial charge in [-0.1, -0.05) is 41.4 Å². The minimum atomic E-state index is -0.260. The number of hydrogen-bond acceptors (Lipinski definition) is 3. The first-order chi connectivity index (χ1) is 11.1. The zero-order chi connectivity index (χ0) is 16.2. The molecule has 0 radical (unpaired) electrons. The molecule has 0 saturated heterocycles. The highest BCUT2D eigenvalue weighted by molar-refractivity contribution is 6.34. The van der Waals surface area contributed by atoms with Crippen LogP contribution in [0.5, 0.6) is 11.5 Å². The molecule has 0 fully saturated rings. The van der Waals surface area contributed by atoms with Crippen molar-refractivity contribution in [2.75, 3.05) is 18.5 Å². The Kier molecular flexibility index (Phi) is 4.53. The van der Waals surface area contributed by atoms with Crippen LogP contribution in [0.2, 0.25) is 5.02 Å². The van der Waals surface area contributed by atoms with E-state index in [1.165, 1.54) is 11.6 Å². The molecule has 2 aromatic carbocycles. The van der Waals surface area contributed by atoms with E-state index in [-0.39, 0.29) is 5.91 Å². The van der Waals surface area contributed by atoms with Gasteiger partial charge in [-0.2, -0.15) is 0 Å². The number of nitrogens with one attached hydrogen (secondary N) is 1. The van der Waals surface area contributed by atoms with E-state index in [0.29, 0.717) is 35.4 Å². The molecule has 0 bridgehead atoms. The Morgan fingerprint density at radius 2 is 1.78 bits per heavy atom. The van der Waals surface area contributed by atoms with E-state index in [1.54, 1.807) is 18.2 Å². The first kappa shape index (κ1) is 15.4. The molecule has 1 aliphatic rings. The third-order valence-electron chi connectivity index (χ3n) is 3.39. The average molecular weight is 330 g/mol. The lowest BCUT2D eigenvalue weighted by atomic mass is 10.1. The molecule has 3 rings (SSSR count). The number of rotatable bonds is 3. The summed E-state index contributed by atoms with van der Waals surface area (Å²) in [5, 5.41) is 3.16. The summed E-state index contributed by atoms with van der Waals surface area (Å²) in [6, 6.07) is 11.2. The molecule has 118 valence electrons. The number of aryl methyl sites for hydroxylation is 1. The van der Waals surface area contributed by atoms with E-state index in [1.807, 2.05) is 31.2 Å². The molecular weight excluding hydrogens is 314 g/mol. The van der Waals surface area contributed by atoms with Crippen molar-refractivity contribution in [1.29, 1.82) is 0 Å². The first-order valence-electron chi connectivity index (χ1n) is 7.27. The Morgan fingerprint density at radius 1 is 1.13 bits per heavy atom. The zero-order valence-corrected chi connectivity index (χ0v) is 13.4. The largest absolute Gasteiger partial charge is 0.486 e. The van der Waals surface area contributed by atoms with Gasteiger partial charge in [0, 0.05) is 18.2 Å². The van der Waals surface area contributed by atoms with Crippen LogP contribution in [0.15, 0.2) is 42.5 Å². The SMILES string of the molecule is Cc1ccc(/C=C/C(=O)Nc2cc3c(cc2Cl)OCCO3)cc1. The maximum absolute atomic E-state index is 12.0. The van der Waals surface area contributed by atoms with Crippen molar-refractivity contribution in [1.82, 2.24) is 0 Å². The lowest BCUT2D eigenvalue weighted by Gasteiger charge is -2.19. The van der Waals surface area contributed by atoms with Crippen molar-refractivity contribution in [3.63, 3.8) is 0 Å². The highest BCUT2D eigenvalue weighted by Crippen LogP contribution is 2.37. The lowest BCUT2D eigenvalue weighted by molar-refractivity contribution is -0.111. The number of fused-ring (bicyclic) bond motifs is 1. The van der Waals surface area contributed by atoms with Gasteiger partial charge in [-0.15, -0.1) is 0 Å². The molecule has 5 heteroatoms. The van der Waals surface area contributed by atoms with E-state index < -0.39 is 0 Å². The van der Waals surface area contributed by atoms with Crippen LogP contribution >= 0.6 is 11.6 Å². The third-order valence-corrected chi connectivity index (χ3v) is 3.71. The predicted molar refractivity (Wildman–Crippen MR) is 91.3 cm³/mol. The Balaban J connectivity index is 1.71. The van der Waals surface area contributed by atoms with Gasteiger partial charge in [0.1, 0.15) is 13.2 Å². The standard InChI is InChI=1S/C18H16ClNO3/c1-12-2-4-13(5-3-12)6-7-18(21)20-15-11-17-16(10-14(15)19)22-8-9-23-17/h2-7,10-11H,8-9H2,1H3,(H,20,21)/b7-6+. The van der Waals surface area contributed by atoms with Gasteiger partial charge in [0.25, 0.3) is 0 Å². The van der Waals surface area contributed by atoms with E-state index in [9.17, 15) is 4.79 Å². The topological polar surface area (TPSA) is 47.6 Å². The number of hydrogen-bond donors (Lipinski definition) is 1. The molecule has 1 N–H and O–H groups in total. The normalized spacial score (nSPS) is 13.1. The fourth-order valence-electron chi connectivity index (χ4n) is 2.18. The Hall–Kier alpha value is -2.46. The molecule has 0 aliphatic carbocycles. The van der Waals surface area contributed by atoms with Crippen molar-refractivity contribution in [3.05, 3.63) is 58.6 Å². The molecule has 0 aromatic heterocycles. The number of halogens is 1. The summed E-state index contributed by atoms with van der Waals surface area (Å²) in [5.41, 5.74) is 2.63. The summed E-state index contributed by atoms with van der Waals surface area (Å²) in [5.74, 6) is 0.914. The quantitative estimate of drug-likeness (QED) is 0.863. The maximum Gasteiger partial charge on any atom is 0.248 e. The van der Waals surface area contributed by atoms with Crippen LogP contribution < -0.4 is 14.8 Å². The van der Waals surface area contributed by atoms with Crippen molar-refractivity contribution in [2.24, 2.45) is 0 Å². The van der Waals surface area contributed by atoms with E-state index >= 15 is 0 Å². The number of benzene rings is 2. The zero-order valence-electron chi connectivity index (χ0n) is 12.6. The number of carbonyl (C=O) groups excluding carboxylic acids is 1. The van der Waals surface area contributed by atoms with E-state index in [0.717, 1.165) is 5.56 Å². The van der Waals surface area contributed by atoms with Crippen LogP contribution in [0.25, 0.3) is 6.08 Å². The molecule has 1 heterocycles. The van der Waals surface area contributed by atoms with Gasteiger partial charge >= 0.3 is 0 Å². The van der Waals surface area contributed by atoms with Crippen LogP contribution in [-0.4, -0.2) is 19.1 Å². The van der Waals surface area contributed by atoms with Gasteiger partial charge in [0.2, 0.25) is 5.91 Å². The number of amides is 1. The highest BCUT2D eigenvalue weighted by atomic mass is 35.5. The molecular formula is C18H16ClNO3. The molecule has 23 heavy (non-hydrogen) atoms. The number of ether oxygens (including phenoxy) is 2. The van der Waals surface area contributed by atoms with Crippen molar-refractivity contribution >= 4 is 29.3 Å². The van der Waals surface area contributed by atoms with Crippen LogP contribution in [0.4, 0.5) is 5.69 Å². The molecule has 4 nitrogen and oxygen atoms in total. The summed E-state index contributed by atoms with van der Waals surface area (Å²) in [6.45, 7) is 2.99. The molecule has 2 aromatic rings. The van der Waals surface area contributed by atoms with Gasteiger partial charge in [-0.25, -0.2) is 0 Å². The number of anilines is 1. The van der Waals surface area contributed by atoms with Crippen molar-refractivity contribution in [3.8, 4) is 11.5 Å². The fraction of sp³-hybridized carbons (Fsp3) is 0.167. The van der Waals surface area contributed by atoms with Gasteiger partial charge in [0.05, 0.1) is 10.7 Å². The van der Waals surface area contributed by atoms with Crippen LogP contribution in [0, 0.1) is 6.92 Å². The second-order valence-corrected chi connectivity index (χ2v) is 5.62. The Morgan fingerprint density at radius 3 is 2.48 bits per heavy atom. The van der Waals surface area contributed by atoms with Crippen LogP contribution in [-0.2, 0) is 4.79 Å². The highest BCUT2D eigenvalue weighted by Gasteiger charge is 2.15. The smallest absolute Gasteiger partial charge is 0.248 e. The second kappa shape index (κ2) is 6.75. The summed E-state index contributed by atoms with van der Waals surface area (Å²) in [6.07, 6.45) is 3.22.